The summed E-state index contributed by atoms with van der Waals surface area (Å²) in [7, 11) is 0. The number of carbonyl (C=O) groups is 1. The monoisotopic (exact) mass is 232 g/mol. The van der Waals surface area contributed by atoms with E-state index >= 15 is 0 Å². The standard InChI is InChI=1S/C11H21FN2O2/c1-11(2,3)16-10(15)14-7-9-8(12)5-4-6-13-9/h8-9,13H,4-7H2,1-3H3,(H,14,15). The van der Waals surface area contributed by atoms with Crippen molar-refractivity contribution in [2.24, 2.45) is 0 Å². The Hall–Kier alpha value is -0.840. The number of hydrogen-bond donors (Lipinski definition) is 2. The fraction of sp³-hybridized carbons (Fsp3) is 0.909. The van der Waals surface area contributed by atoms with Gasteiger partial charge in [0.15, 0.2) is 0 Å². The molecule has 0 spiro atoms. The van der Waals surface area contributed by atoms with E-state index < -0.39 is 17.9 Å². The second-order valence-corrected chi connectivity index (χ2v) is 5.10. The highest BCUT2D eigenvalue weighted by Crippen LogP contribution is 2.12. The third-order valence-corrected chi connectivity index (χ3v) is 2.36. The molecule has 1 saturated heterocycles. The normalized spacial score (nSPS) is 26.2. The summed E-state index contributed by atoms with van der Waals surface area (Å²) < 4.78 is 18.4. The molecule has 0 radical (unpaired) electrons. The molecule has 1 aliphatic rings. The van der Waals surface area contributed by atoms with Crippen LogP contribution in [0, 0.1) is 0 Å². The fourth-order valence-corrected chi connectivity index (χ4v) is 1.62. The molecule has 0 aliphatic carbocycles. The first-order chi connectivity index (χ1) is 7.38. The van der Waals surface area contributed by atoms with Gasteiger partial charge < -0.3 is 15.4 Å². The molecule has 1 heterocycles. The van der Waals surface area contributed by atoms with Crippen LogP contribution in [0.2, 0.25) is 0 Å². The maximum atomic E-state index is 13.4. The molecule has 5 heteroatoms. The summed E-state index contributed by atoms with van der Waals surface area (Å²) in [5.41, 5.74) is -0.515. The van der Waals surface area contributed by atoms with Crippen molar-refractivity contribution in [1.82, 2.24) is 10.6 Å². The third kappa shape index (κ3) is 4.79. The third-order valence-electron chi connectivity index (χ3n) is 2.36. The molecule has 1 rings (SSSR count). The van der Waals surface area contributed by atoms with Gasteiger partial charge in [0.1, 0.15) is 11.8 Å². The molecule has 0 bridgehead atoms. The molecule has 1 fully saturated rings. The van der Waals surface area contributed by atoms with Gasteiger partial charge >= 0.3 is 6.09 Å². The van der Waals surface area contributed by atoms with Gasteiger partial charge in [-0.15, -0.1) is 0 Å². The first-order valence-electron chi connectivity index (χ1n) is 5.73. The lowest BCUT2D eigenvalue weighted by atomic mass is 10.0. The maximum Gasteiger partial charge on any atom is 0.407 e. The van der Waals surface area contributed by atoms with Gasteiger partial charge in [0.2, 0.25) is 0 Å². The zero-order valence-electron chi connectivity index (χ0n) is 10.2. The van der Waals surface area contributed by atoms with E-state index in [0.717, 1.165) is 13.0 Å². The van der Waals surface area contributed by atoms with Crippen LogP contribution >= 0.6 is 0 Å². The lowest BCUT2D eigenvalue weighted by Gasteiger charge is -2.28. The van der Waals surface area contributed by atoms with Gasteiger partial charge in [-0.2, -0.15) is 0 Å². The van der Waals surface area contributed by atoms with Gasteiger partial charge in [0, 0.05) is 6.54 Å². The smallest absolute Gasteiger partial charge is 0.407 e. The van der Waals surface area contributed by atoms with Crippen molar-refractivity contribution in [3.63, 3.8) is 0 Å². The Bertz CT molecular complexity index is 241. The minimum Gasteiger partial charge on any atom is -0.444 e. The second kappa shape index (κ2) is 5.48. The summed E-state index contributed by atoms with van der Waals surface area (Å²) in [4.78, 5) is 11.3. The summed E-state index contributed by atoms with van der Waals surface area (Å²) >= 11 is 0. The van der Waals surface area contributed by atoms with E-state index in [1.807, 2.05) is 0 Å². The Morgan fingerprint density at radius 1 is 1.56 bits per heavy atom. The van der Waals surface area contributed by atoms with Gasteiger partial charge in [-0.1, -0.05) is 0 Å². The van der Waals surface area contributed by atoms with E-state index in [4.69, 9.17) is 4.74 Å². The van der Waals surface area contributed by atoms with Gasteiger partial charge in [0.25, 0.3) is 0 Å². The summed E-state index contributed by atoms with van der Waals surface area (Å²) in [5.74, 6) is 0. The van der Waals surface area contributed by atoms with Crippen LogP contribution in [-0.2, 0) is 4.74 Å². The molecule has 16 heavy (non-hydrogen) atoms. The number of hydrogen-bond acceptors (Lipinski definition) is 3. The molecule has 2 N–H and O–H groups in total. The molecule has 0 saturated carbocycles. The highest BCUT2D eigenvalue weighted by Gasteiger charge is 2.25. The van der Waals surface area contributed by atoms with E-state index in [0.29, 0.717) is 6.42 Å². The number of piperidine rings is 1. The van der Waals surface area contributed by atoms with Crippen molar-refractivity contribution in [1.29, 1.82) is 0 Å². The van der Waals surface area contributed by atoms with Crippen LogP contribution in [0.25, 0.3) is 0 Å². The van der Waals surface area contributed by atoms with Crippen LogP contribution in [0.1, 0.15) is 33.6 Å². The molecular formula is C11H21FN2O2. The SMILES string of the molecule is CC(C)(C)OC(=O)NCC1NCCCC1F. The van der Waals surface area contributed by atoms with Crippen LogP contribution in [0.15, 0.2) is 0 Å². The van der Waals surface area contributed by atoms with Gasteiger partial charge in [-0.3, -0.25) is 0 Å². The van der Waals surface area contributed by atoms with E-state index in [2.05, 4.69) is 10.6 Å². The van der Waals surface area contributed by atoms with Crippen molar-refractivity contribution in [2.75, 3.05) is 13.1 Å². The summed E-state index contributed by atoms with van der Waals surface area (Å²) in [6, 6.07) is -0.290. The van der Waals surface area contributed by atoms with Crippen molar-refractivity contribution in [3.8, 4) is 0 Å². The topological polar surface area (TPSA) is 50.4 Å². The second-order valence-electron chi connectivity index (χ2n) is 5.10. The number of amides is 1. The quantitative estimate of drug-likeness (QED) is 0.760. The van der Waals surface area contributed by atoms with Crippen molar-refractivity contribution in [3.05, 3.63) is 0 Å². The number of alkyl halides is 1. The molecular weight excluding hydrogens is 211 g/mol. The first kappa shape index (κ1) is 13.2. The molecule has 0 aromatic rings. The van der Waals surface area contributed by atoms with Crippen LogP contribution in [0.4, 0.5) is 9.18 Å². The minimum absolute atomic E-state index is 0.274. The molecule has 0 aromatic carbocycles. The average Bonchev–Trinajstić information content (AvgIpc) is 2.14. The molecule has 2 unspecified atom stereocenters. The maximum absolute atomic E-state index is 13.4. The molecule has 0 aromatic heterocycles. The summed E-state index contributed by atoms with van der Waals surface area (Å²) in [6.45, 7) is 6.47. The van der Waals surface area contributed by atoms with Crippen molar-refractivity contribution < 1.29 is 13.9 Å². The molecule has 2 atom stereocenters. The minimum atomic E-state index is -0.885. The van der Waals surface area contributed by atoms with Gasteiger partial charge in [-0.05, 0) is 40.2 Å². The molecule has 1 aliphatic heterocycles. The fourth-order valence-electron chi connectivity index (χ4n) is 1.62. The molecule has 1 amide bonds. The number of rotatable bonds is 2. The van der Waals surface area contributed by atoms with Crippen LogP contribution < -0.4 is 10.6 Å². The Labute approximate surface area is 95.9 Å². The summed E-state index contributed by atoms with van der Waals surface area (Å²) in [6.07, 6.45) is 0.0355. The number of carbonyl (C=O) groups excluding carboxylic acids is 1. The predicted molar refractivity (Wildman–Crippen MR) is 60.2 cm³/mol. The number of nitrogens with one attached hydrogen (secondary N) is 2. The van der Waals surface area contributed by atoms with Crippen LogP contribution in [-0.4, -0.2) is 37.0 Å². The highest BCUT2D eigenvalue weighted by molar-refractivity contribution is 5.67. The lowest BCUT2D eigenvalue weighted by molar-refractivity contribution is 0.0511. The van der Waals surface area contributed by atoms with E-state index in [-0.39, 0.29) is 12.6 Å². The zero-order chi connectivity index (χ0) is 12.2. The Kier molecular flexibility index (Phi) is 4.53. The van der Waals surface area contributed by atoms with Gasteiger partial charge in [0.05, 0.1) is 6.04 Å². The van der Waals surface area contributed by atoms with E-state index in [9.17, 15) is 9.18 Å². The predicted octanol–water partition coefficient (Wildman–Crippen LogP) is 1.60. The molecule has 94 valence electrons. The van der Waals surface area contributed by atoms with Crippen LogP contribution in [0.5, 0.6) is 0 Å². The highest BCUT2D eigenvalue weighted by atomic mass is 19.1. The Morgan fingerprint density at radius 2 is 2.25 bits per heavy atom. The summed E-state index contributed by atoms with van der Waals surface area (Å²) in [5, 5.41) is 5.62. The number of alkyl carbamates (subject to hydrolysis) is 1. The first-order valence-corrected chi connectivity index (χ1v) is 5.73. The Balaban J connectivity index is 2.25. The van der Waals surface area contributed by atoms with Crippen LogP contribution in [0.3, 0.4) is 0 Å². The van der Waals surface area contributed by atoms with Crippen molar-refractivity contribution in [2.45, 2.75) is 51.4 Å². The number of ether oxygens (including phenoxy) is 1. The molecule has 4 nitrogen and oxygen atoms in total. The van der Waals surface area contributed by atoms with E-state index in [1.165, 1.54) is 0 Å². The van der Waals surface area contributed by atoms with Crippen molar-refractivity contribution >= 4 is 6.09 Å². The average molecular weight is 232 g/mol. The largest absolute Gasteiger partial charge is 0.444 e. The lowest BCUT2D eigenvalue weighted by Crippen LogP contribution is -2.50. The van der Waals surface area contributed by atoms with E-state index in [1.54, 1.807) is 20.8 Å². The Morgan fingerprint density at radius 3 is 2.81 bits per heavy atom. The zero-order valence-corrected chi connectivity index (χ0v) is 10.2. The number of halogens is 1. The van der Waals surface area contributed by atoms with Gasteiger partial charge in [-0.25, -0.2) is 9.18 Å².